The van der Waals surface area contributed by atoms with Gasteiger partial charge in [0.05, 0.1) is 18.6 Å². The molecule has 4 aromatic heterocycles. The highest BCUT2D eigenvalue weighted by atomic mass is 16.5. The molecule has 0 saturated heterocycles. The molecule has 0 spiro atoms. The summed E-state index contributed by atoms with van der Waals surface area (Å²) in [5, 5.41) is 27.3. The van der Waals surface area contributed by atoms with E-state index in [4.69, 9.17) is 14.2 Å². The molecule has 6 aromatic rings. The molecule has 1 aliphatic carbocycles. The average molecular weight is 631 g/mol. The minimum absolute atomic E-state index is 0.00129. The summed E-state index contributed by atoms with van der Waals surface area (Å²) >= 11 is 0. The van der Waals surface area contributed by atoms with E-state index in [0.717, 1.165) is 33.8 Å². The first-order valence-corrected chi connectivity index (χ1v) is 14.8. The van der Waals surface area contributed by atoms with E-state index < -0.39 is 5.60 Å². The summed E-state index contributed by atoms with van der Waals surface area (Å²) < 4.78 is 21.9. The third-order valence-electron chi connectivity index (χ3n) is 7.31. The second kappa shape index (κ2) is 12.3. The number of aromatic amines is 1. The summed E-state index contributed by atoms with van der Waals surface area (Å²) in [5.41, 5.74) is 4.22. The molecule has 0 bridgehead atoms. The van der Waals surface area contributed by atoms with Crippen LogP contribution in [-0.2, 0) is 7.05 Å². The monoisotopic (exact) mass is 630 g/mol. The van der Waals surface area contributed by atoms with Crippen LogP contribution in [0.25, 0.3) is 28.1 Å². The third-order valence-corrected chi connectivity index (χ3v) is 7.31. The largest absolute Gasteiger partial charge is 0.452 e. The number of nitrogens with one attached hydrogen (secondary N) is 1. The van der Waals surface area contributed by atoms with Gasteiger partial charge in [-0.1, -0.05) is 22.6 Å². The first-order valence-electron chi connectivity index (χ1n) is 14.8. The molecular weight excluding hydrogens is 600 g/mol. The molecule has 0 radical (unpaired) electrons. The fourth-order valence-electron chi connectivity index (χ4n) is 4.73. The number of hydrogen-bond acceptors (Lipinski definition) is 12. The Morgan fingerprint density at radius 1 is 0.787 bits per heavy atom. The smallest absolute Gasteiger partial charge is 0.331 e. The maximum Gasteiger partial charge on any atom is 0.331 e. The van der Waals surface area contributed by atoms with E-state index in [1.54, 1.807) is 35.1 Å². The first kappa shape index (κ1) is 29.5. The van der Waals surface area contributed by atoms with Gasteiger partial charge in [0.1, 0.15) is 34.2 Å². The molecule has 47 heavy (non-hydrogen) atoms. The Hall–Kier alpha value is -6.25. The van der Waals surface area contributed by atoms with Crippen LogP contribution in [0.5, 0.6) is 29.5 Å². The lowest BCUT2D eigenvalue weighted by Gasteiger charge is -2.27. The van der Waals surface area contributed by atoms with Crippen molar-refractivity contribution in [2.75, 3.05) is 0 Å². The number of rotatable bonds is 10. The van der Waals surface area contributed by atoms with E-state index in [2.05, 4.69) is 51.0 Å². The van der Waals surface area contributed by atoms with Gasteiger partial charge in [0.2, 0.25) is 0 Å². The lowest BCUT2D eigenvalue weighted by Crippen LogP contribution is -2.31. The molecule has 4 heterocycles. The predicted octanol–water partition coefficient (Wildman–Crippen LogP) is 5.39. The summed E-state index contributed by atoms with van der Waals surface area (Å²) in [4.78, 5) is 13.4. The first-order chi connectivity index (χ1) is 22.8. The Bertz CT molecular complexity index is 2050. The van der Waals surface area contributed by atoms with Crippen molar-refractivity contribution in [3.8, 4) is 52.0 Å². The van der Waals surface area contributed by atoms with Crippen molar-refractivity contribution >= 4 is 5.57 Å². The van der Waals surface area contributed by atoms with Gasteiger partial charge >= 0.3 is 18.0 Å². The number of H-pyrrole nitrogens is 1. The third kappa shape index (κ3) is 6.73. The van der Waals surface area contributed by atoms with Gasteiger partial charge in [-0.3, -0.25) is 4.68 Å². The van der Waals surface area contributed by atoms with Crippen molar-refractivity contribution in [2.45, 2.75) is 38.8 Å². The molecule has 236 valence electrons. The predicted molar refractivity (Wildman–Crippen MR) is 169 cm³/mol. The van der Waals surface area contributed by atoms with Gasteiger partial charge in [-0.15, -0.1) is 25.1 Å². The van der Waals surface area contributed by atoms with Crippen molar-refractivity contribution in [2.24, 2.45) is 7.05 Å². The van der Waals surface area contributed by atoms with Crippen molar-refractivity contribution in [1.29, 1.82) is 0 Å². The van der Waals surface area contributed by atoms with Crippen LogP contribution in [0.1, 0.15) is 38.9 Å². The van der Waals surface area contributed by atoms with E-state index in [1.165, 1.54) is 0 Å². The molecule has 0 aliphatic heterocycles. The van der Waals surface area contributed by atoms with E-state index in [9.17, 15) is 0 Å². The van der Waals surface area contributed by atoms with Gasteiger partial charge in [-0.05, 0) is 81.0 Å². The van der Waals surface area contributed by atoms with Crippen molar-refractivity contribution < 1.29 is 14.2 Å². The molecule has 15 nitrogen and oxygen atoms in total. The number of aryl methyl sites for hydroxylation is 1. The maximum absolute atomic E-state index is 6.31. The molecule has 0 amide bonds. The molecule has 7 rings (SSSR count). The number of allylic oxidation sites excluding steroid dienone is 2. The van der Waals surface area contributed by atoms with Crippen LogP contribution in [0.4, 0.5) is 0 Å². The molecule has 15 heteroatoms. The highest BCUT2D eigenvalue weighted by molar-refractivity contribution is 5.72. The zero-order valence-electron chi connectivity index (χ0n) is 26.0. The molecule has 2 aromatic carbocycles. The van der Waals surface area contributed by atoms with E-state index in [1.807, 2.05) is 87.4 Å². The minimum atomic E-state index is -0.753. The lowest BCUT2D eigenvalue weighted by molar-refractivity contribution is 0.125. The molecule has 1 unspecified atom stereocenters. The summed E-state index contributed by atoms with van der Waals surface area (Å²) in [6.07, 6.45) is 11.8. The Morgan fingerprint density at radius 2 is 1.40 bits per heavy atom. The van der Waals surface area contributed by atoms with Crippen LogP contribution >= 0.6 is 0 Å². The Kier molecular flexibility index (Phi) is 7.69. The highest BCUT2D eigenvalue weighted by Crippen LogP contribution is 2.32. The summed E-state index contributed by atoms with van der Waals surface area (Å²) in [6.45, 7) is 6.03. The standard InChI is InChI=1S/C32H30N12O3/c1-20(2)44-19-28(39-42-44)22-7-11-25(12-8-22)46-30-34-29(45-24-9-5-21(6-10-24)27-18-43(4)41-38-27)35-31(36-30)47-32(3)15-13-23(14-16-32)26-17-33-40-37-26/h5-15,17-20H,16H2,1-4H3,(H,33,37,40). The Balaban J connectivity index is 1.13. The Morgan fingerprint density at radius 3 is 1.91 bits per heavy atom. The quantitative estimate of drug-likeness (QED) is 0.205. The van der Waals surface area contributed by atoms with E-state index >= 15 is 0 Å². The summed E-state index contributed by atoms with van der Waals surface area (Å²) in [6, 6.07) is 15.0. The number of ether oxygens (including phenoxy) is 3. The fraction of sp³-hybridized carbons (Fsp3) is 0.219. The Labute approximate surface area is 269 Å². The van der Waals surface area contributed by atoms with Gasteiger partial charge < -0.3 is 14.2 Å². The number of nitrogens with zero attached hydrogens (tertiary/aromatic N) is 11. The maximum atomic E-state index is 6.31. The van der Waals surface area contributed by atoms with Crippen molar-refractivity contribution in [3.05, 3.63) is 91.0 Å². The molecule has 1 aliphatic rings. The average Bonchev–Trinajstić information content (AvgIpc) is 3.85. The van der Waals surface area contributed by atoms with Gasteiger partial charge in [-0.25, -0.2) is 4.68 Å². The summed E-state index contributed by atoms with van der Waals surface area (Å²) in [7, 11) is 1.82. The highest BCUT2D eigenvalue weighted by Gasteiger charge is 2.28. The van der Waals surface area contributed by atoms with Crippen molar-refractivity contribution in [3.63, 3.8) is 0 Å². The second-order valence-electron chi connectivity index (χ2n) is 11.4. The molecular formula is C32H30N12O3. The van der Waals surface area contributed by atoms with Crippen molar-refractivity contribution in [1.82, 2.24) is 60.4 Å². The zero-order chi connectivity index (χ0) is 32.4. The van der Waals surface area contributed by atoms with Crippen LogP contribution < -0.4 is 14.2 Å². The number of benzene rings is 2. The van der Waals surface area contributed by atoms with Crippen LogP contribution in [0.3, 0.4) is 0 Å². The molecule has 1 atom stereocenters. The SMILES string of the molecule is CC(C)n1cc(-c2ccc(Oc3nc(Oc4ccc(-c5cn(C)nn5)cc4)nc(OC4(C)C=CC(c5cn[nH]n5)=CC4)n3)cc2)nn1. The second-order valence-corrected chi connectivity index (χ2v) is 11.4. The zero-order valence-corrected chi connectivity index (χ0v) is 26.0. The van der Waals surface area contributed by atoms with Gasteiger partial charge in [-0.2, -0.15) is 15.4 Å². The topological polar surface area (TPSA) is 169 Å². The summed E-state index contributed by atoms with van der Waals surface area (Å²) in [5.74, 6) is 1.01. The van der Waals surface area contributed by atoms with Crippen LogP contribution in [0.15, 0.2) is 85.3 Å². The molecule has 0 fully saturated rings. The van der Waals surface area contributed by atoms with Gasteiger partial charge in [0, 0.05) is 30.6 Å². The van der Waals surface area contributed by atoms with Crippen LogP contribution in [0, 0.1) is 0 Å². The van der Waals surface area contributed by atoms with Gasteiger partial charge in [0.25, 0.3) is 0 Å². The molecule has 1 N–H and O–H groups in total. The van der Waals surface area contributed by atoms with Gasteiger partial charge in [0.15, 0.2) is 0 Å². The molecule has 0 saturated carbocycles. The minimum Gasteiger partial charge on any atom is -0.452 e. The van der Waals surface area contributed by atoms with Crippen LogP contribution in [-0.4, -0.2) is 66.0 Å². The lowest BCUT2D eigenvalue weighted by atomic mass is 9.93. The normalized spacial score (nSPS) is 15.9. The number of aromatic nitrogens is 12. The van der Waals surface area contributed by atoms with E-state index in [0.29, 0.717) is 17.9 Å². The fourth-order valence-corrected chi connectivity index (χ4v) is 4.73. The number of hydrogen-bond donors (Lipinski definition) is 1. The van der Waals surface area contributed by atoms with E-state index in [-0.39, 0.29) is 24.1 Å². The van der Waals surface area contributed by atoms with Crippen LogP contribution in [0.2, 0.25) is 0 Å².